The smallest absolute Gasteiger partial charge is 0.407 e. The highest BCUT2D eigenvalue weighted by Gasteiger charge is 2.40. The number of imidazole rings is 2. The number of ether oxygens (including phenoxy) is 2. The molecule has 6 atom stereocenters. The number of fused-ring (bicyclic) bond motifs is 1. The molecule has 0 saturated carbocycles. The van der Waals surface area contributed by atoms with E-state index < -0.39 is 24.3 Å². The Morgan fingerprint density at radius 1 is 0.738 bits per heavy atom. The fourth-order valence-corrected chi connectivity index (χ4v) is 9.33. The molecule has 0 aliphatic carbocycles. The van der Waals surface area contributed by atoms with Gasteiger partial charge in [0, 0.05) is 24.7 Å². The third kappa shape index (κ3) is 8.27. The van der Waals surface area contributed by atoms with Gasteiger partial charge < -0.3 is 39.9 Å². The first kappa shape index (κ1) is 43.1. The van der Waals surface area contributed by atoms with Gasteiger partial charge in [-0.3, -0.25) is 14.5 Å². The molecule has 15 heteroatoms. The van der Waals surface area contributed by atoms with E-state index in [4.69, 9.17) is 19.4 Å². The third-order valence-electron chi connectivity index (χ3n) is 12.7. The summed E-state index contributed by atoms with van der Waals surface area (Å²) >= 11 is 0. The maximum absolute atomic E-state index is 13.8. The molecule has 4 aromatic rings. The van der Waals surface area contributed by atoms with E-state index in [2.05, 4.69) is 82.4 Å². The van der Waals surface area contributed by atoms with E-state index in [0.29, 0.717) is 18.9 Å². The van der Waals surface area contributed by atoms with E-state index in [1.54, 1.807) is 0 Å². The van der Waals surface area contributed by atoms with Crippen molar-refractivity contribution in [2.75, 3.05) is 34.4 Å². The van der Waals surface area contributed by atoms with Crippen LogP contribution in [0.3, 0.4) is 0 Å². The number of hydrogen-bond donors (Lipinski definition) is 4. The lowest BCUT2D eigenvalue weighted by Crippen LogP contribution is -2.51. The maximum Gasteiger partial charge on any atom is 0.407 e. The number of hydrogen-bond acceptors (Lipinski definition) is 9. The first-order valence-corrected chi connectivity index (χ1v) is 21.3. The summed E-state index contributed by atoms with van der Waals surface area (Å²) in [5.41, 5.74) is 8.31. The van der Waals surface area contributed by atoms with Crippen LogP contribution in [-0.2, 0) is 19.1 Å². The molecule has 0 bridgehead atoms. The van der Waals surface area contributed by atoms with Crippen LogP contribution < -0.4 is 10.6 Å². The number of likely N-dealkylation sites (tertiary alicyclic amines) is 2. The van der Waals surface area contributed by atoms with E-state index in [-0.39, 0.29) is 47.8 Å². The molecule has 15 nitrogen and oxygen atoms in total. The zero-order chi connectivity index (χ0) is 43.7. The highest BCUT2D eigenvalue weighted by Crippen LogP contribution is 2.50. The molecule has 2 aromatic heterocycles. The van der Waals surface area contributed by atoms with Crippen molar-refractivity contribution in [3.05, 3.63) is 84.2 Å². The molecule has 3 aliphatic heterocycles. The number of nitrogens with zero attached hydrogens (tertiary/aromatic N) is 5. The van der Waals surface area contributed by atoms with Crippen molar-refractivity contribution in [3.63, 3.8) is 0 Å². The lowest BCUT2D eigenvalue weighted by atomic mass is 9.87. The number of carbonyl (C=O) groups is 4. The van der Waals surface area contributed by atoms with Crippen molar-refractivity contribution in [2.45, 2.75) is 96.6 Å². The number of aromatic nitrogens is 4. The number of amides is 4. The molecule has 2 aromatic carbocycles. The Bertz CT molecular complexity index is 2260. The number of benzene rings is 2. The Kier molecular flexibility index (Phi) is 12.7. The highest BCUT2D eigenvalue weighted by atomic mass is 16.5. The van der Waals surface area contributed by atoms with Crippen LogP contribution in [0.15, 0.2) is 61.4 Å². The second-order valence-corrected chi connectivity index (χ2v) is 17.0. The van der Waals surface area contributed by atoms with Crippen molar-refractivity contribution in [3.8, 4) is 33.6 Å². The lowest BCUT2D eigenvalue weighted by Gasteiger charge is -2.30. The van der Waals surface area contributed by atoms with Crippen molar-refractivity contribution in [1.82, 2.24) is 45.3 Å². The van der Waals surface area contributed by atoms with Crippen LogP contribution in [0.2, 0.25) is 0 Å². The predicted octanol–water partition coefficient (Wildman–Crippen LogP) is 7.46. The molecule has 5 heterocycles. The minimum atomic E-state index is -0.710. The molecule has 4 N–H and O–H groups in total. The Labute approximate surface area is 357 Å². The van der Waals surface area contributed by atoms with Crippen molar-refractivity contribution < 1.29 is 28.7 Å². The molecular weight excluding hydrogens is 775 g/mol. The van der Waals surface area contributed by atoms with Gasteiger partial charge >= 0.3 is 12.2 Å². The molecule has 2 unspecified atom stereocenters. The van der Waals surface area contributed by atoms with Crippen molar-refractivity contribution >= 4 is 24.0 Å². The van der Waals surface area contributed by atoms with Gasteiger partial charge in [0.2, 0.25) is 11.8 Å². The first-order chi connectivity index (χ1) is 29.3. The average Bonchev–Trinajstić information content (AvgIpc) is 4.12. The summed E-state index contributed by atoms with van der Waals surface area (Å²) in [4.78, 5) is 74.3. The topological polar surface area (TPSA) is 178 Å². The average molecular weight is 834 g/mol. The molecular formula is C46H59N9O6. The summed E-state index contributed by atoms with van der Waals surface area (Å²) in [7, 11) is 4.71. The summed E-state index contributed by atoms with van der Waals surface area (Å²) in [6.45, 7) is 15.2. The number of rotatable bonds is 12. The van der Waals surface area contributed by atoms with E-state index in [0.717, 1.165) is 65.1 Å². The molecule has 324 valence electrons. The molecule has 2 fully saturated rings. The van der Waals surface area contributed by atoms with Gasteiger partial charge in [-0.1, -0.05) is 70.2 Å². The number of alkyl carbamates (subject to hydrolysis) is 2. The van der Waals surface area contributed by atoms with Crippen LogP contribution in [-0.4, -0.2) is 105 Å². The standard InChI is InChI=1S/C46H59N9O6/c1-10-34-38-30(28-15-17-29(18-16-28)32-23-47-41(49-32)35-13-11-21-54(35)43(56)39(25(2)3)51-45(58)60-8)19-20-31(37(38)27(6)53(34)7)33-24-48-42(50-33)36-14-12-22-55(36)44(57)40(26(4)5)52-46(59)61-9/h10,15-20,23-27,34-36,39-40H,1,11-14,21-22H2,2-9H3,(H,47,49)(H,48,50)(H,51,58)(H,52,59)/t27?,34?,35-,36-,39-,40+/m0/s1. The number of nitrogens with one attached hydrogen (secondary N) is 4. The number of carbonyl (C=O) groups excluding carboxylic acids is 4. The van der Waals surface area contributed by atoms with Crippen LogP contribution >= 0.6 is 0 Å². The Balaban J connectivity index is 1.14. The van der Waals surface area contributed by atoms with Crippen LogP contribution in [0.25, 0.3) is 33.6 Å². The van der Waals surface area contributed by atoms with Crippen LogP contribution in [0.1, 0.15) is 107 Å². The zero-order valence-corrected chi connectivity index (χ0v) is 36.5. The van der Waals surface area contributed by atoms with Crippen LogP contribution in [0.4, 0.5) is 9.59 Å². The Hall–Kier alpha value is -5.96. The van der Waals surface area contributed by atoms with E-state index >= 15 is 0 Å². The number of methoxy groups -OCH3 is 2. The molecule has 2 saturated heterocycles. The number of H-pyrrole nitrogens is 2. The van der Waals surface area contributed by atoms with Gasteiger partial charge in [-0.2, -0.15) is 0 Å². The van der Waals surface area contributed by atoms with Gasteiger partial charge in [0.05, 0.1) is 56.1 Å². The molecule has 7 rings (SSSR count). The van der Waals surface area contributed by atoms with Gasteiger partial charge in [0.1, 0.15) is 23.7 Å². The zero-order valence-electron chi connectivity index (χ0n) is 36.5. The fourth-order valence-electron chi connectivity index (χ4n) is 9.33. The summed E-state index contributed by atoms with van der Waals surface area (Å²) < 4.78 is 9.59. The Morgan fingerprint density at radius 3 is 1.70 bits per heavy atom. The minimum absolute atomic E-state index is 0.0226. The number of aromatic amines is 2. The monoisotopic (exact) mass is 833 g/mol. The first-order valence-electron chi connectivity index (χ1n) is 21.3. The minimum Gasteiger partial charge on any atom is -0.453 e. The van der Waals surface area contributed by atoms with Crippen LogP contribution in [0, 0.1) is 11.8 Å². The van der Waals surface area contributed by atoms with Crippen LogP contribution in [0.5, 0.6) is 0 Å². The highest BCUT2D eigenvalue weighted by molar-refractivity contribution is 5.87. The molecule has 0 radical (unpaired) electrons. The van der Waals surface area contributed by atoms with E-state index in [1.807, 2.05) is 56.0 Å². The Morgan fingerprint density at radius 2 is 1.21 bits per heavy atom. The molecule has 61 heavy (non-hydrogen) atoms. The SMILES string of the molecule is C=CC1c2c(-c3ccc(-c4cnc([C@@H]5CCCN5C(=O)[C@@H](NC(=O)OC)C(C)C)[nH]4)cc3)ccc(-c3cnc([C@@H]4CCCN4C(=O)[C@H](NC(=O)OC)C(C)C)[nH]3)c2C(C)N1C. The van der Waals surface area contributed by atoms with E-state index in [1.165, 1.54) is 25.3 Å². The van der Waals surface area contributed by atoms with Crippen molar-refractivity contribution in [1.29, 1.82) is 0 Å². The normalized spacial score (nSPS) is 21.1. The van der Waals surface area contributed by atoms with Gasteiger partial charge in [-0.05, 0) is 79.3 Å². The maximum atomic E-state index is 13.8. The molecule has 4 amide bonds. The van der Waals surface area contributed by atoms with Gasteiger partial charge in [-0.15, -0.1) is 6.58 Å². The summed E-state index contributed by atoms with van der Waals surface area (Å²) in [5.74, 6) is 0.907. The van der Waals surface area contributed by atoms with E-state index in [9.17, 15) is 19.2 Å². The van der Waals surface area contributed by atoms with Crippen molar-refractivity contribution in [2.24, 2.45) is 11.8 Å². The second kappa shape index (κ2) is 17.9. The number of likely N-dealkylation sites (N-methyl/N-ethyl adjacent to an activating group) is 1. The largest absolute Gasteiger partial charge is 0.453 e. The fraction of sp³-hybridized carbons (Fsp3) is 0.478. The quantitative estimate of drug-likeness (QED) is 0.106. The summed E-state index contributed by atoms with van der Waals surface area (Å²) in [6.07, 6.45) is 7.62. The molecule has 0 spiro atoms. The van der Waals surface area contributed by atoms with Gasteiger partial charge in [0.25, 0.3) is 0 Å². The predicted molar refractivity (Wildman–Crippen MR) is 232 cm³/mol. The second-order valence-electron chi connectivity index (χ2n) is 17.0. The summed E-state index contributed by atoms with van der Waals surface area (Å²) in [6, 6.07) is 10.9. The summed E-state index contributed by atoms with van der Waals surface area (Å²) in [5, 5.41) is 5.44. The van der Waals surface area contributed by atoms with Gasteiger partial charge in [-0.25, -0.2) is 19.6 Å². The molecule has 3 aliphatic rings. The third-order valence-corrected chi connectivity index (χ3v) is 12.7. The van der Waals surface area contributed by atoms with Gasteiger partial charge in [0.15, 0.2) is 0 Å². The lowest BCUT2D eigenvalue weighted by molar-refractivity contribution is -0.136.